The van der Waals surface area contributed by atoms with E-state index in [1.54, 1.807) is 42.5 Å². The number of rotatable bonds is 11. The van der Waals surface area contributed by atoms with Gasteiger partial charge >= 0.3 is 5.97 Å². The highest BCUT2D eigenvalue weighted by atomic mass is 35.5. The van der Waals surface area contributed by atoms with Crippen LogP contribution in [0.15, 0.2) is 100 Å². The van der Waals surface area contributed by atoms with Crippen LogP contribution in [0.25, 0.3) is 45.1 Å². The number of aromatic hydroxyl groups is 1. The summed E-state index contributed by atoms with van der Waals surface area (Å²) < 4.78 is 12.5. The zero-order valence-corrected chi connectivity index (χ0v) is 36.4. The Morgan fingerprint density at radius 1 is 0.778 bits per heavy atom. The number of benzene rings is 6. The molecule has 0 saturated carbocycles. The second kappa shape index (κ2) is 17.5. The molecular formula is C51H42Cl2N2O8. The number of aryl methyl sites for hydroxylation is 3. The fourth-order valence-electron chi connectivity index (χ4n) is 8.25. The number of aromatic carboxylic acids is 1. The highest BCUT2D eigenvalue weighted by Crippen LogP contribution is 2.44. The molecule has 4 N–H and O–H groups in total. The number of phenolic OH excluding ortho intramolecular Hbond substituents is 1. The lowest BCUT2D eigenvalue weighted by Crippen LogP contribution is -2.35. The Labute approximate surface area is 372 Å². The molecule has 0 radical (unpaired) electrons. The van der Waals surface area contributed by atoms with Gasteiger partial charge in [-0.25, -0.2) is 4.79 Å². The van der Waals surface area contributed by atoms with Crippen molar-refractivity contribution < 1.29 is 33.8 Å². The first kappa shape index (κ1) is 42.8. The molecule has 0 spiro atoms. The number of nitrogens with one attached hydrogen (secondary N) is 2. The number of halogens is 2. The summed E-state index contributed by atoms with van der Waals surface area (Å²) in [5.41, 5.74) is 6.75. The van der Waals surface area contributed by atoms with Gasteiger partial charge in [0, 0.05) is 69.2 Å². The van der Waals surface area contributed by atoms with Gasteiger partial charge in [0.1, 0.15) is 28.6 Å². The second-order valence-electron chi connectivity index (χ2n) is 15.5. The van der Waals surface area contributed by atoms with E-state index in [1.807, 2.05) is 38.1 Å². The van der Waals surface area contributed by atoms with E-state index in [-0.39, 0.29) is 51.0 Å². The number of ether oxygens (including phenoxy) is 1. The molecule has 0 fully saturated rings. The molecular weight excluding hydrogens is 839 g/mol. The monoisotopic (exact) mass is 880 g/mol. The van der Waals surface area contributed by atoms with Crippen molar-refractivity contribution in [3.8, 4) is 39.7 Å². The largest absolute Gasteiger partial charge is 0.508 e. The number of fused-ring (bicyclic) bond motifs is 4. The van der Waals surface area contributed by atoms with Crippen LogP contribution in [-0.4, -0.2) is 41.1 Å². The average molecular weight is 882 g/mol. The van der Waals surface area contributed by atoms with Gasteiger partial charge in [0.05, 0.1) is 21.2 Å². The summed E-state index contributed by atoms with van der Waals surface area (Å²) in [5, 5.41) is 28.4. The van der Waals surface area contributed by atoms with Gasteiger partial charge in [-0.05, 0) is 121 Å². The quantitative estimate of drug-likeness (QED) is 0.0740. The summed E-state index contributed by atoms with van der Waals surface area (Å²) in [6.45, 7) is 8.18. The standard InChI is InChI=1S/C51H42Cl2N2O8/c1-5-7-30-21-40-36(19-26(30)3)45(37-20-27(4)31(8-6-2)22-41(37)62-40)46-39(52)25-38(48(53)47(46)51(60)61)50(59)55-18-17-54-49(58)29-11-9-28(10-12-29)44-34-15-13-32(56)23-42(34)63-43-24-33(57)14-16-35(43)44/h7,9-16,19-25,56H,5-6,8,17-18H2,1-4H3,(H,54,58)(H,55,59)(H,60,61)/b30-7-. The van der Waals surface area contributed by atoms with Crippen molar-refractivity contribution in [3.63, 3.8) is 0 Å². The molecule has 10 nitrogen and oxygen atoms in total. The molecule has 5 aromatic carbocycles. The van der Waals surface area contributed by atoms with Gasteiger partial charge in [-0.15, -0.1) is 0 Å². The van der Waals surface area contributed by atoms with E-state index < -0.39 is 17.8 Å². The molecule has 63 heavy (non-hydrogen) atoms. The predicted octanol–water partition coefficient (Wildman–Crippen LogP) is 9.55. The fourth-order valence-corrected chi connectivity index (χ4v) is 8.86. The van der Waals surface area contributed by atoms with E-state index in [1.165, 1.54) is 24.3 Å². The van der Waals surface area contributed by atoms with E-state index in [0.29, 0.717) is 55.7 Å². The van der Waals surface area contributed by atoms with Crippen LogP contribution in [0, 0.1) is 13.8 Å². The molecule has 0 aromatic heterocycles. The van der Waals surface area contributed by atoms with Crippen molar-refractivity contribution in [3.05, 3.63) is 166 Å². The lowest BCUT2D eigenvalue weighted by molar-refractivity contribution is 0.0696. The van der Waals surface area contributed by atoms with E-state index in [2.05, 4.69) is 30.6 Å². The molecule has 2 aliphatic heterocycles. The first-order chi connectivity index (χ1) is 30.3. The van der Waals surface area contributed by atoms with Gasteiger partial charge in [-0.3, -0.25) is 14.4 Å². The van der Waals surface area contributed by atoms with Gasteiger partial charge in [0.2, 0.25) is 0 Å². The third kappa shape index (κ3) is 8.15. The van der Waals surface area contributed by atoms with Crippen LogP contribution in [0.2, 0.25) is 10.0 Å². The van der Waals surface area contributed by atoms with Crippen LogP contribution in [-0.2, 0) is 6.42 Å². The molecule has 2 heterocycles. The van der Waals surface area contributed by atoms with Crippen molar-refractivity contribution in [1.29, 1.82) is 0 Å². The summed E-state index contributed by atoms with van der Waals surface area (Å²) in [4.78, 5) is 52.1. The first-order valence-corrected chi connectivity index (χ1v) is 21.3. The molecule has 0 atom stereocenters. The zero-order chi connectivity index (χ0) is 44.7. The van der Waals surface area contributed by atoms with Crippen molar-refractivity contribution in [2.75, 3.05) is 13.1 Å². The van der Waals surface area contributed by atoms with E-state index in [4.69, 9.17) is 32.4 Å². The maximum absolute atomic E-state index is 13.6. The lowest BCUT2D eigenvalue weighted by Gasteiger charge is -2.25. The number of carbonyl (C=O) groups is 3. The van der Waals surface area contributed by atoms with Gasteiger partial charge < -0.3 is 30.0 Å². The van der Waals surface area contributed by atoms with Crippen LogP contribution >= 0.6 is 23.2 Å². The average Bonchev–Trinajstić information content (AvgIpc) is 3.25. The number of hydrogen-bond acceptors (Lipinski definition) is 7. The van der Waals surface area contributed by atoms with E-state index >= 15 is 0 Å². The molecule has 0 unspecified atom stereocenters. The Balaban J connectivity index is 1.04. The number of carboxylic acid groups (broad SMARTS) is 1. The van der Waals surface area contributed by atoms with Gasteiger partial charge in [-0.2, -0.15) is 0 Å². The predicted molar refractivity (Wildman–Crippen MR) is 246 cm³/mol. The summed E-state index contributed by atoms with van der Waals surface area (Å²) >= 11 is 13.9. The van der Waals surface area contributed by atoms with Crippen LogP contribution in [0.3, 0.4) is 0 Å². The molecule has 12 heteroatoms. The molecule has 5 aromatic rings. The highest BCUT2D eigenvalue weighted by molar-refractivity contribution is 6.40. The Bertz CT molecular complexity index is 3190. The first-order valence-electron chi connectivity index (χ1n) is 20.6. The molecule has 0 saturated heterocycles. The summed E-state index contributed by atoms with van der Waals surface area (Å²) in [6.07, 6.45) is 4.68. The SMILES string of the molecule is CC/C=c1/cc2c(cc1C)=C(c1c(Cl)cc(C(=O)NCCNC(=O)c3ccc(-c4c5ccc(=O)cc-5oc5cc(O)ccc45)cc3)c(Cl)c1C(=O)O)c1cc(C)c(CCC)cc1O2. The minimum absolute atomic E-state index is 0.00791. The van der Waals surface area contributed by atoms with Gasteiger partial charge in [0.25, 0.3) is 11.8 Å². The number of carboxylic acids is 1. The van der Waals surface area contributed by atoms with Crippen molar-refractivity contribution in [2.24, 2.45) is 0 Å². The van der Waals surface area contributed by atoms with Crippen molar-refractivity contribution in [1.82, 2.24) is 10.6 Å². The molecule has 1 aliphatic carbocycles. The van der Waals surface area contributed by atoms with Gasteiger partial charge in [-0.1, -0.05) is 61.7 Å². The summed E-state index contributed by atoms with van der Waals surface area (Å²) in [5.74, 6) is -0.937. The maximum atomic E-state index is 13.6. The molecule has 0 bridgehead atoms. The molecule has 3 aliphatic rings. The summed E-state index contributed by atoms with van der Waals surface area (Å²) in [6, 6.07) is 25.4. The van der Waals surface area contributed by atoms with Crippen molar-refractivity contribution >= 4 is 63.6 Å². The number of phenols is 1. The normalized spacial score (nSPS) is 12.2. The second-order valence-corrected chi connectivity index (χ2v) is 16.3. The van der Waals surface area contributed by atoms with Gasteiger partial charge in [0.15, 0.2) is 5.43 Å². The lowest BCUT2D eigenvalue weighted by atomic mass is 9.86. The number of hydrogen-bond donors (Lipinski definition) is 4. The van der Waals surface area contributed by atoms with Crippen LogP contribution in [0.1, 0.15) is 85.6 Å². The van der Waals surface area contributed by atoms with Crippen molar-refractivity contribution in [2.45, 2.75) is 47.0 Å². The number of amides is 2. The fraction of sp³-hybridized carbons (Fsp3) is 0.176. The third-order valence-corrected chi connectivity index (χ3v) is 11.9. The summed E-state index contributed by atoms with van der Waals surface area (Å²) in [7, 11) is 0. The van der Waals surface area contributed by atoms with Crippen LogP contribution in [0.4, 0.5) is 0 Å². The Morgan fingerprint density at radius 2 is 1.52 bits per heavy atom. The van der Waals surface area contributed by atoms with Crippen LogP contribution in [0.5, 0.6) is 17.2 Å². The molecule has 318 valence electrons. The Kier molecular flexibility index (Phi) is 11.9. The highest BCUT2D eigenvalue weighted by Gasteiger charge is 2.31. The molecule has 2 amide bonds. The topological polar surface area (TPSA) is 155 Å². The molecule has 8 rings (SSSR count). The Morgan fingerprint density at radius 3 is 2.24 bits per heavy atom. The van der Waals surface area contributed by atoms with E-state index in [9.17, 15) is 29.4 Å². The van der Waals surface area contributed by atoms with Crippen LogP contribution < -0.4 is 31.2 Å². The maximum Gasteiger partial charge on any atom is 0.337 e. The third-order valence-electron chi connectivity index (χ3n) is 11.2. The zero-order valence-electron chi connectivity index (χ0n) is 34.9. The number of carbonyl (C=O) groups excluding carboxylic acids is 2. The smallest absolute Gasteiger partial charge is 0.337 e. The minimum Gasteiger partial charge on any atom is -0.508 e. The Hall–Kier alpha value is -6.88. The van der Waals surface area contributed by atoms with E-state index in [0.717, 1.165) is 52.3 Å². The minimum atomic E-state index is -1.36.